The van der Waals surface area contributed by atoms with E-state index in [0.29, 0.717) is 122 Å². The zero-order chi connectivity index (χ0) is 48.6. The molecule has 0 saturated carbocycles. The van der Waals surface area contributed by atoms with E-state index in [-0.39, 0.29) is 48.5 Å². The van der Waals surface area contributed by atoms with Crippen molar-refractivity contribution >= 4 is 84.5 Å². The topological polar surface area (TPSA) is 195 Å². The zero-order valence-corrected chi connectivity index (χ0v) is 40.9. The normalized spacial score (nSPS) is 20.0. The lowest BCUT2D eigenvalue weighted by Gasteiger charge is -2.60. The van der Waals surface area contributed by atoms with Crippen LogP contribution in [0.3, 0.4) is 0 Å². The molecule has 0 bridgehead atoms. The molecule has 2 aromatic carbocycles. The van der Waals surface area contributed by atoms with Crippen molar-refractivity contribution in [3.05, 3.63) is 88.0 Å². The van der Waals surface area contributed by atoms with Crippen LogP contribution in [0.2, 0.25) is 10.0 Å². The molecule has 22 heteroatoms. The number of urea groups is 1. The number of H-pyrrole nitrogens is 1. The number of carbonyl (C=O) groups is 3. The number of fused-ring (bicyclic) bond motifs is 2. The summed E-state index contributed by atoms with van der Waals surface area (Å²) in [6, 6.07) is 12.3. The van der Waals surface area contributed by atoms with Crippen LogP contribution in [-0.2, 0) is 26.7 Å². The number of amides is 4. The fourth-order valence-electron chi connectivity index (χ4n) is 10.9. The third kappa shape index (κ3) is 8.50. The number of nitrogens with zero attached hydrogens (tertiary/aromatic N) is 10. The first-order valence-corrected chi connectivity index (χ1v) is 25.8. The fraction of sp³-hybridized carbons (Fsp3) is 0.438. The van der Waals surface area contributed by atoms with Crippen LogP contribution in [0.5, 0.6) is 5.75 Å². The molecule has 4 aromatic heterocycles. The predicted octanol–water partition coefficient (Wildman–Crippen LogP) is 6.26. The van der Waals surface area contributed by atoms with E-state index in [4.69, 9.17) is 32.9 Å². The number of ether oxygens (including phenoxy) is 1. The highest BCUT2D eigenvalue weighted by molar-refractivity contribution is 7.89. The van der Waals surface area contributed by atoms with Gasteiger partial charge in [0.25, 0.3) is 0 Å². The highest BCUT2D eigenvalue weighted by Crippen LogP contribution is 2.44. The van der Waals surface area contributed by atoms with Crippen LogP contribution < -0.4 is 19.9 Å². The van der Waals surface area contributed by atoms with Gasteiger partial charge in [0, 0.05) is 105 Å². The molecule has 2 N–H and O–H groups in total. The van der Waals surface area contributed by atoms with Gasteiger partial charge in [0.2, 0.25) is 21.8 Å². The Labute approximate surface area is 413 Å². The second-order valence-electron chi connectivity index (χ2n) is 19.4. The summed E-state index contributed by atoms with van der Waals surface area (Å²) in [5, 5.41) is 16.2. The van der Waals surface area contributed by atoms with E-state index >= 15 is 4.39 Å². The Morgan fingerprint density at radius 3 is 2.37 bits per heavy atom. The molecule has 18 nitrogen and oxygen atoms in total. The number of halogens is 3. The molecular weight excluding hydrogens is 963 g/mol. The molecule has 11 rings (SSSR count). The van der Waals surface area contributed by atoms with Crippen molar-refractivity contribution in [1.29, 1.82) is 0 Å². The van der Waals surface area contributed by atoms with Crippen LogP contribution in [0, 0.1) is 11.2 Å². The van der Waals surface area contributed by atoms with E-state index in [1.807, 2.05) is 37.3 Å². The van der Waals surface area contributed by atoms with Gasteiger partial charge in [0.1, 0.15) is 29.2 Å². The number of hydrogen-bond acceptors (Lipinski definition) is 12. The van der Waals surface area contributed by atoms with E-state index in [9.17, 15) is 22.8 Å². The van der Waals surface area contributed by atoms with Crippen molar-refractivity contribution in [3.63, 3.8) is 0 Å². The molecule has 1 spiro atoms. The van der Waals surface area contributed by atoms with Gasteiger partial charge in [0.05, 0.1) is 32.9 Å². The van der Waals surface area contributed by atoms with Crippen LogP contribution in [0.1, 0.15) is 62.2 Å². The number of likely N-dealkylation sites (tertiary alicyclic amines) is 2. The number of imide groups is 1. The molecule has 4 amide bonds. The minimum Gasteiger partial charge on any atom is -0.486 e. The predicted molar refractivity (Wildman–Crippen MR) is 262 cm³/mol. The minimum atomic E-state index is -3.52. The molecule has 0 aliphatic carbocycles. The Bertz CT molecular complexity index is 3140. The van der Waals surface area contributed by atoms with E-state index in [1.165, 1.54) is 11.0 Å². The summed E-state index contributed by atoms with van der Waals surface area (Å²) in [5.41, 5.74) is 4.24. The zero-order valence-electron chi connectivity index (χ0n) is 38.6. The number of aryl methyl sites for hydroxylation is 1. The van der Waals surface area contributed by atoms with Gasteiger partial charge in [0.15, 0.2) is 5.82 Å². The molecule has 70 heavy (non-hydrogen) atoms. The first-order valence-electron chi connectivity index (χ1n) is 23.5. The number of anilines is 2. The summed E-state index contributed by atoms with van der Waals surface area (Å²) in [4.78, 5) is 53.9. The molecule has 9 heterocycles. The number of aromatic nitrogens is 6. The lowest BCUT2D eigenvalue weighted by atomic mass is 9.74. The van der Waals surface area contributed by atoms with Gasteiger partial charge < -0.3 is 14.5 Å². The smallest absolute Gasteiger partial charge is 0.329 e. The van der Waals surface area contributed by atoms with Gasteiger partial charge in [-0.05, 0) is 99.6 Å². The SMILES string of the molecule is C[C@@H](Oc1ccc2[nH]nc(-c3ccc(N4CC5(C4)CN(S(=O)(=O)C4CCN(C(=O)CN6CCC(c7cc8c(cc7F)c(N7CCC(=O)NC7=O)nn8C)CC6)CC4)C5)nc3)c2c1)c1c(Cl)cncc1Cl. The van der Waals surface area contributed by atoms with E-state index in [0.717, 1.165) is 28.0 Å². The molecule has 0 radical (unpaired) electrons. The van der Waals surface area contributed by atoms with Crippen LogP contribution in [0.25, 0.3) is 33.1 Å². The van der Waals surface area contributed by atoms with Crippen molar-refractivity contribution in [1.82, 2.24) is 49.4 Å². The van der Waals surface area contributed by atoms with Crippen LogP contribution in [0.4, 0.5) is 20.8 Å². The van der Waals surface area contributed by atoms with Crippen molar-refractivity contribution in [2.75, 3.05) is 75.2 Å². The third-order valence-corrected chi connectivity index (χ3v) is 17.7. The monoisotopic (exact) mass is 1010 g/mol. The van der Waals surface area contributed by atoms with Crippen LogP contribution >= 0.6 is 23.2 Å². The number of piperidine rings is 2. The van der Waals surface area contributed by atoms with Crippen LogP contribution in [-0.4, -0.2) is 141 Å². The number of pyridine rings is 2. The average Bonchev–Trinajstić information content (AvgIpc) is 3.87. The Hall–Kier alpha value is -5.93. The van der Waals surface area contributed by atoms with Gasteiger partial charge in [-0.2, -0.15) is 10.2 Å². The molecule has 5 aliphatic rings. The Kier molecular flexibility index (Phi) is 12.0. The van der Waals surface area contributed by atoms with E-state index in [1.54, 1.807) is 45.6 Å². The minimum absolute atomic E-state index is 0.0204. The van der Waals surface area contributed by atoms with Crippen molar-refractivity contribution in [2.24, 2.45) is 12.5 Å². The maximum absolute atomic E-state index is 15.7. The lowest BCUT2D eigenvalue weighted by Crippen LogP contribution is -2.73. The van der Waals surface area contributed by atoms with Gasteiger partial charge >= 0.3 is 6.03 Å². The number of sulfonamides is 1. The van der Waals surface area contributed by atoms with Crippen molar-refractivity contribution in [3.8, 4) is 17.0 Å². The number of carbonyl (C=O) groups excluding carboxylic acids is 3. The summed E-state index contributed by atoms with van der Waals surface area (Å²) in [7, 11) is -1.77. The third-order valence-electron chi connectivity index (χ3n) is 14.8. The van der Waals surface area contributed by atoms with Gasteiger partial charge in [-0.25, -0.2) is 26.9 Å². The lowest BCUT2D eigenvalue weighted by molar-refractivity contribution is -0.133. The summed E-state index contributed by atoms with van der Waals surface area (Å²) >= 11 is 12.7. The van der Waals surface area contributed by atoms with Crippen LogP contribution in [0.15, 0.2) is 61.1 Å². The molecule has 0 unspecified atom stereocenters. The van der Waals surface area contributed by atoms with Gasteiger partial charge in [-0.3, -0.25) is 39.5 Å². The summed E-state index contributed by atoms with van der Waals surface area (Å²) < 4.78 is 52.8. The first kappa shape index (κ1) is 46.5. The quantitative estimate of drug-likeness (QED) is 0.148. The van der Waals surface area contributed by atoms with Gasteiger partial charge in [-0.1, -0.05) is 23.2 Å². The number of hydrogen-bond donors (Lipinski definition) is 2. The van der Waals surface area contributed by atoms with E-state index < -0.39 is 27.4 Å². The molecule has 6 aromatic rings. The summed E-state index contributed by atoms with van der Waals surface area (Å²) in [5.74, 6) is 0.954. The second-order valence-corrected chi connectivity index (χ2v) is 22.4. The maximum Gasteiger partial charge on any atom is 0.329 e. The molecule has 5 aliphatic heterocycles. The average molecular weight is 1010 g/mol. The van der Waals surface area contributed by atoms with Crippen molar-refractivity contribution in [2.45, 2.75) is 56.3 Å². The number of aromatic amines is 1. The standard InChI is InChI=1S/C48H51Cl2FN12O6S/c1-28(44-36(49)21-52-22-37(44)50)69-31-4-5-39-34(17-31)45(56-55-39)30-3-6-41(53-20-30)61-24-48(25-61)26-62(27-48)70(67,68)32-9-14-60(15-10-32)43(65)23-59-12-7-29(8-13-59)33-19-40-35(18-38(33)51)46(57-58(40)2)63-16-11-42(64)54-47(63)66/h3-6,17-22,28-29,32H,7-16,23-27H2,1-2H3,(H,55,56)(H,54,64,66)/t28-/m1/s1. The Balaban J connectivity index is 0.633. The molecule has 5 fully saturated rings. The summed E-state index contributed by atoms with van der Waals surface area (Å²) in [6.07, 6.45) is 6.73. The number of benzene rings is 2. The fourth-order valence-corrected chi connectivity index (χ4v) is 13.7. The highest BCUT2D eigenvalue weighted by Gasteiger charge is 2.56. The van der Waals surface area contributed by atoms with Crippen molar-refractivity contribution < 1.29 is 31.9 Å². The maximum atomic E-state index is 15.7. The summed E-state index contributed by atoms with van der Waals surface area (Å²) in [6.45, 7) is 6.67. The largest absolute Gasteiger partial charge is 0.486 e. The Morgan fingerprint density at radius 1 is 0.929 bits per heavy atom. The number of rotatable bonds is 11. The van der Waals surface area contributed by atoms with Gasteiger partial charge in [-0.15, -0.1) is 0 Å². The number of nitrogens with one attached hydrogen (secondary N) is 2. The molecule has 1 atom stereocenters. The Morgan fingerprint density at radius 2 is 1.67 bits per heavy atom. The molecular formula is C48H51Cl2FN12O6S. The molecule has 5 saturated heterocycles. The first-order chi connectivity index (χ1) is 33.6. The molecule has 366 valence electrons. The van der Waals surface area contributed by atoms with E-state index in [2.05, 4.69) is 35.4 Å². The highest BCUT2D eigenvalue weighted by atomic mass is 35.5. The second kappa shape index (κ2) is 18.0.